The number of allylic oxidation sites excluding steroid dienone is 1. The lowest BCUT2D eigenvalue weighted by atomic mass is 9.93. The van der Waals surface area contributed by atoms with E-state index in [1.54, 1.807) is 12.5 Å². The summed E-state index contributed by atoms with van der Waals surface area (Å²) >= 11 is 1.22. The lowest BCUT2D eigenvalue weighted by Crippen LogP contribution is -2.40. The number of amides is 2. The third-order valence-electron chi connectivity index (χ3n) is 4.58. The number of methoxy groups -OCH3 is 1. The molecule has 0 saturated heterocycles. The van der Waals surface area contributed by atoms with E-state index in [9.17, 15) is 23.7 Å². The molecule has 0 spiro atoms. The van der Waals surface area contributed by atoms with Gasteiger partial charge in [0.2, 0.25) is 5.88 Å². The third-order valence-corrected chi connectivity index (χ3v) is 5.52. The highest BCUT2D eigenvalue weighted by molar-refractivity contribution is 8.00. The molecule has 33 heavy (non-hydrogen) atoms. The molecule has 2 aromatic carbocycles. The van der Waals surface area contributed by atoms with Crippen LogP contribution in [0.4, 0.5) is 19.3 Å². The molecule has 11 heteroatoms. The zero-order chi connectivity index (χ0) is 23.8. The molecule has 2 aliphatic rings. The number of urea groups is 1. The standard InChI is InChI=1S/C16H17N3O5S.C6H4F2/c1-23-9-12-10-25-18(16(20)17-12)15(11-3-2-4-11)24-14-7-5-13(6-8-14)19(21)22;7-5-3-1-2-4-6(5)8/h5-8,10H,2-4,9H2,1H3,(H,17,20);1-4H. The Morgan fingerprint density at radius 3 is 2.24 bits per heavy atom. The van der Waals surface area contributed by atoms with Crippen molar-refractivity contribution in [2.45, 2.75) is 19.3 Å². The summed E-state index contributed by atoms with van der Waals surface area (Å²) in [6.45, 7) is 0.321. The van der Waals surface area contributed by atoms with Gasteiger partial charge in [0.25, 0.3) is 5.69 Å². The number of carbonyl (C=O) groups excluding carboxylic acids is 1. The van der Waals surface area contributed by atoms with E-state index >= 15 is 0 Å². The van der Waals surface area contributed by atoms with Crippen molar-refractivity contribution in [2.75, 3.05) is 13.7 Å². The monoisotopic (exact) mass is 477 g/mol. The predicted molar refractivity (Wildman–Crippen MR) is 119 cm³/mol. The normalized spacial score (nSPS) is 14.9. The Morgan fingerprint density at radius 2 is 1.79 bits per heavy atom. The number of nitro benzene ring substituents is 1. The van der Waals surface area contributed by atoms with Crippen molar-refractivity contribution >= 4 is 23.7 Å². The molecule has 1 heterocycles. The van der Waals surface area contributed by atoms with Crippen LogP contribution >= 0.6 is 11.9 Å². The van der Waals surface area contributed by atoms with Gasteiger partial charge in [-0.3, -0.25) is 10.1 Å². The fourth-order valence-corrected chi connectivity index (χ4v) is 3.52. The van der Waals surface area contributed by atoms with Gasteiger partial charge in [0.15, 0.2) is 11.6 Å². The second-order valence-electron chi connectivity index (χ2n) is 6.94. The lowest BCUT2D eigenvalue weighted by molar-refractivity contribution is -0.384. The Hall–Kier alpha value is -3.44. The average Bonchev–Trinajstić information content (AvgIpc) is 2.75. The number of carbonyl (C=O) groups is 1. The average molecular weight is 477 g/mol. The fourth-order valence-electron chi connectivity index (χ4n) is 2.76. The van der Waals surface area contributed by atoms with E-state index in [1.807, 2.05) is 0 Å². The summed E-state index contributed by atoms with van der Waals surface area (Å²) in [5.74, 6) is -0.685. The van der Waals surface area contributed by atoms with Gasteiger partial charge in [-0.15, -0.1) is 0 Å². The first kappa shape index (κ1) is 24.2. The van der Waals surface area contributed by atoms with Crippen LogP contribution in [0.5, 0.6) is 5.75 Å². The van der Waals surface area contributed by atoms with Gasteiger partial charge < -0.3 is 14.8 Å². The van der Waals surface area contributed by atoms with Gasteiger partial charge >= 0.3 is 6.03 Å². The number of nitrogens with one attached hydrogen (secondary N) is 1. The number of non-ortho nitro benzene ring substituents is 1. The topological polar surface area (TPSA) is 93.9 Å². The summed E-state index contributed by atoms with van der Waals surface area (Å²) in [5, 5.41) is 15.3. The fraction of sp³-hybridized carbons (Fsp3) is 0.227. The van der Waals surface area contributed by atoms with Gasteiger partial charge in [-0.1, -0.05) is 12.1 Å². The second kappa shape index (κ2) is 11.4. The minimum Gasteiger partial charge on any atom is -0.440 e. The molecular weight excluding hydrogens is 456 g/mol. The van der Waals surface area contributed by atoms with Crippen molar-refractivity contribution in [3.63, 3.8) is 0 Å². The largest absolute Gasteiger partial charge is 0.440 e. The summed E-state index contributed by atoms with van der Waals surface area (Å²) in [7, 11) is 1.56. The number of benzene rings is 2. The molecule has 1 fully saturated rings. The quantitative estimate of drug-likeness (QED) is 0.256. The first-order valence-corrected chi connectivity index (χ1v) is 10.7. The van der Waals surface area contributed by atoms with Crippen LogP contribution in [0, 0.1) is 21.7 Å². The van der Waals surface area contributed by atoms with Gasteiger partial charge in [-0.25, -0.2) is 17.9 Å². The van der Waals surface area contributed by atoms with Crippen LogP contribution in [0.25, 0.3) is 0 Å². The van der Waals surface area contributed by atoms with E-state index in [1.165, 1.54) is 52.7 Å². The lowest BCUT2D eigenvalue weighted by Gasteiger charge is -2.31. The maximum Gasteiger partial charge on any atom is 0.339 e. The Bertz CT molecular complexity index is 1050. The Morgan fingerprint density at radius 1 is 1.15 bits per heavy atom. The van der Waals surface area contributed by atoms with E-state index in [4.69, 9.17) is 9.47 Å². The van der Waals surface area contributed by atoms with Crippen LogP contribution in [0.15, 0.2) is 71.1 Å². The molecule has 1 aliphatic heterocycles. The molecule has 0 aromatic heterocycles. The molecule has 0 atom stereocenters. The van der Waals surface area contributed by atoms with Crippen molar-refractivity contribution in [1.82, 2.24) is 9.62 Å². The molecule has 2 amide bonds. The van der Waals surface area contributed by atoms with Gasteiger partial charge in [0.1, 0.15) is 5.75 Å². The zero-order valence-corrected chi connectivity index (χ0v) is 18.4. The van der Waals surface area contributed by atoms with Crippen LogP contribution < -0.4 is 10.1 Å². The van der Waals surface area contributed by atoms with E-state index in [2.05, 4.69) is 5.32 Å². The van der Waals surface area contributed by atoms with Crippen molar-refractivity contribution in [1.29, 1.82) is 0 Å². The summed E-state index contributed by atoms with van der Waals surface area (Å²) in [6.07, 6.45) is 2.77. The van der Waals surface area contributed by atoms with E-state index < -0.39 is 16.6 Å². The number of nitro groups is 1. The highest BCUT2D eigenvalue weighted by Crippen LogP contribution is 2.36. The van der Waals surface area contributed by atoms with Gasteiger partial charge in [0.05, 0.1) is 17.2 Å². The summed E-state index contributed by atoms with van der Waals surface area (Å²) in [6, 6.07) is 10.5. The van der Waals surface area contributed by atoms with Crippen molar-refractivity contribution in [3.8, 4) is 5.75 Å². The highest BCUT2D eigenvalue weighted by atomic mass is 32.2. The van der Waals surface area contributed by atoms with Gasteiger partial charge in [0, 0.05) is 24.7 Å². The molecule has 0 bridgehead atoms. The molecule has 174 valence electrons. The first-order chi connectivity index (χ1) is 15.9. The molecule has 4 rings (SSSR count). The molecule has 0 radical (unpaired) electrons. The minimum atomic E-state index is -0.799. The molecule has 0 unspecified atom stereocenters. The summed E-state index contributed by atoms with van der Waals surface area (Å²) in [5.41, 5.74) is 1.72. The maximum absolute atomic E-state index is 12.4. The molecule has 2 aromatic rings. The molecular formula is C22H21F2N3O5S. The van der Waals surface area contributed by atoms with Crippen LogP contribution in [-0.2, 0) is 4.74 Å². The SMILES string of the molecule is COCC1=CSN(C(Oc2ccc([N+](=O)[O-])cc2)=C2CCC2)C(=O)N1.Fc1ccccc1F. The Balaban J connectivity index is 0.000000323. The predicted octanol–water partition coefficient (Wildman–Crippen LogP) is 5.50. The summed E-state index contributed by atoms with van der Waals surface area (Å²) < 4.78 is 36.3. The van der Waals surface area contributed by atoms with Crippen LogP contribution in [-0.4, -0.2) is 29.0 Å². The minimum absolute atomic E-state index is 0.0116. The van der Waals surface area contributed by atoms with Crippen molar-refractivity contribution < 1.29 is 28.0 Å². The molecule has 8 nitrogen and oxygen atoms in total. The Kier molecular flexibility index (Phi) is 8.39. The molecule has 1 N–H and O–H groups in total. The van der Waals surface area contributed by atoms with Gasteiger partial charge in [-0.2, -0.15) is 0 Å². The number of nitrogens with zero attached hydrogens (tertiary/aromatic N) is 2. The number of halogens is 2. The summed E-state index contributed by atoms with van der Waals surface area (Å²) in [4.78, 5) is 22.7. The zero-order valence-electron chi connectivity index (χ0n) is 17.6. The molecule has 1 aliphatic carbocycles. The van der Waals surface area contributed by atoms with Crippen LogP contribution in [0.1, 0.15) is 19.3 Å². The number of hydrogen-bond donors (Lipinski definition) is 1. The number of ether oxygens (including phenoxy) is 2. The van der Waals surface area contributed by atoms with E-state index in [0.717, 1.165) is 37.0 Å². The molecule has 1 saturated carbocycles. The first-order valence-electron chi connectivity index (χ1n) is 9.89. The maximum atomic E-state index is 12.4. The Labute approximate surface area is 193 Å². The smallest absolute Gasteiger partial charge is 0.339 e. The van der Waals surface area contributed by atoms with Gasteiger partial charge in [-0.05, 0) is 61.0 Å². The van der Waals surface area contributed by atoms with E-state index in [0.29, 0.717) is 23.9 Å². The highest BCUT2D eigenvalue weighted by Gasteiger charge is 2.30. The van der Waals surface area contributed by atoms with Crippen molar-refractivity contribution in [3.05, 3.63) is 92.8 Å². The van der Waals surface area contributed by atoms with Crippen LogP contribution in [0.3, 0.4) is 0 Å². The number of hydrogen-bond acceptors (Lipinski definition) is 6. The van der Waals surface area contributed by atoms with Crippen LogP contribution in [0.2, 0.25) is 0 Å². The second-order valence-corrected chi connectivity index (χ2v) is 7.75. The third kappa shape index (κ3) is 6.53. The number of rotatable bonds is 6. The van der Waals surface area contributed by atoms with E-state index in [-0.39, 0.29) is 11.7 Å². The van der Waals surface area contributed by atoms with Crippen molar-refractivity contribution in [2.24, 2.45) is 0 Å².